The van der Waals surface area contributed by atoms with Gasteiger partial charge in [0.1, 0.15) is 0 Å². The van der Waals surface area contributed by atoms with Crippen LogP contribution in [0.5, 0.6) is 0 Å². The first-order valence-electron chi connectivity index (χ1n) is 5.09. The average molecular weight is 277 g/mol. The lowest BCUT2D eigenvalue weighted by atomic mass is 10.3. The first-order chi connectivity index (χ1) is 7.95. The topological polar surface area (TPSA) is 49.3 Å². The van der Waals surface area contributed by atoms with E-state index in [0.29, 0.717) is 12.2 Å². The van der Waals surface area contributed by atoms with Gasteiger partial charge in [-0.2, -0.15) is 0 Å². The summed E-state index contributed by atoms with van der Waals surface area (Å²) in [6.07, 6.45) is 0. The fourth-order valence-electron chi connectivity index (χ4n) is 1.24. The average Bonchev–Trinajstić information content (AvgIpc) is 2.29. The fourth-order valence-corrected chi connectivity index (χ4v) is 1.59. The second-order valence-corrected chi connectivity index (χ2v) is 4.39. The van der Waals surface area contributed by atoms with E-state index in [1.807, 2.05) is 6.92 Å². The Morgan fingerprint density at radius 3 is 2.53 bits per heavy atom. The van der Waals surface area contributed by atoms with Crippen LogP contribution >= 0.6 is 23.2 Å². The number of carbonyl (C=O) groups is 1. The number of carbonyl (C=O) groups excluding carboxylic acids is 1. The Kier molecular flexibility index (Phi) is 4.96. The highest BCUT2D eigenvalue weighted by Gasteiger charge is 2.15. The van der Waals surface area contributed by atoms with Crippen molar-refractivity contribution in [3.63, 3.8) is 0 Å². The van der Waals surface area contributed by atoms with Crippen LogP contribution < -0.4 is 4.90 Å². The molecule has 0 N–H and O–H groups in total. The predicted octanol–water partition coefficient (Wildman–Crippen LogP) is 1.70. The molecule has 1 aromatic rings. The third-order valence-corrected chi connectivity index (χ3v) is 2.70. The monoisotopic (exact) mass is 276 g/mol. The number of halogens is 2. The third kappa shape index (κ3) is 3.71. The summed E-state index contributed by atoms with van der Waals surface area (Å²) in [5, 5.41) is 7.84. The molecule has 94 valence electrons. The molecular weight excluding hydrogens is 263 g/mol. The van der Waals surface area contributed by atoms with E-state index in [1.165, 1.54) is 4.90 Å². The van der Waals surface area contributed by atoms with Crippen LogP contribution in [0.15, 0.2) is 6.07 Å². The number of anilines is 1. The molecule has 0 saturated carbocycles. The molecule has 7 heteroatoms. The van der Waals surface area contributed by atoms with Gasteiger partial charge in [-0.15, -0.1) is 10.2 Å². The molecule has 0 aromatic carbocycles. The molecule has 0 aliphatic rings. The minimum absolute atomic E-state index is 0.0177. The van der Waals surface area contributed by atoms with Crippen molar-refractivity contribution < 1.29 is 4.79 Å². The molecule has 0 atom stereocenters. The molecule has 1 aromatic heterocycles. The highest BCUT2D eigenvalue weighted by molar-refractivity contribution is 6.33. The van der Waals surface area contributed by atoms with Crippen LogP contribution in [-0.2, 0) is 4.79 Å². The molecule has 0 aliphatic heterocycles. The lowest BCUT2D eigenvalue weighted by Crippen LogP contribution is -2.36. The molecule has 0 fully saturated rings. The maximum absolute atomic E-state index is 11.7. The molecule has 0 unspecified atom stereocenters. The van der Waals surface area contributed by atoms with Crippen molar-refractivity contribution in [3.8, 4) is 0 Å². The van der Waals surface area contributed by atoms with E-state index in [1.54, 1.807) is 25.1 Å². The van der Waals surface area contributed by atoms with Crippen molar-refractivity contribution in [1.29, 1.82) is 0 Å². The molecule has 1 heterocycles. The van der Waals surface area contributed by atoms with E-state index in [-0.39, 0.29) is 22.8 Å². The maximum Gasteiger partial charge on any atom is 0.241 e. The Hall–Kier alpha value is -1.07. The summed E-state index contributed by atoms with van der Waals surface area (Å²) in [5.41, 5.74) is 0.615. The molecule has 1 amide bonds. The summed E-state index contributed by atoms with van der Waals surface area (Å²) >= 11 is 11.7. The van der Waals surface area contributed by atoms with Gasteiger partial charge in [0.2, 0.25) is 5.91 Å². The number of hydrogen-bond acceptors (Lipinski definition) is 4. The molecule has 0 spiro atoms. The van der Waals surface area contributed by atoms with E-state index in [4.69, 9.17) is 23.2 Å². The fraction of sp³-hybridized carbons (Fsp3) is 0.500. The molecule has 0 saturated heterocycles. The van der Waals surface area contributed by atoms with Crippen LogP contribution in [0.1, 0.15) is 6.92 Å². The zero-order valence-electron chi connectivity index (χ0n) is 9.94. The lowest BCUT2D eigenvalue weighted by Gasteiger charge is -2.24. The van der Waals surface area contributed by atoms with E-state index in [9.17, 15) is 4.79 Å². The number of hydrogen-bond donors (Lipinski definition) is 0. The van der Waals surface area contributed by atoms with Gasteiger partial charge < -0.3 is 9.80 Å². The first-order valence-corrected chi connectivity index (χ1v) is 5.85. The Bertz CT molecular complexity index is 411. The molecule has 1 rings (SSSR count). The van der Waals surface area contributed by atoms with Crippen molar-refractivity contribution >= 4 is 34.8 Å². The van der Waals surface area contributed by atoms with Crippen LogP contribution in [0.2, 0.25) is 10.3 Å². The van der Waals surface area contributed by atoms with E-state index in [0.717, 1.165) is 0 Å². The van der Waals surface area contributed by atoms with Crippen LogP contribution in [0.25, 0.3) is 0 Å². The largest absolute Gasteiger partial charge is 0.360 e. The Morgan fingerprint density at radius 2 is 2.00 bits per heavy atom. The van der Waals surface area contributed by atoms with Crippen molar-refractivity contribution in [2.45, 2.75) is 6.92 Å². The summed E-state index contributed by atoms with van der Waals surface area (Å²) in [4.78, 5) is 15.0. The van der Waals surface area contributed by atoms with Gasteiger partial charge in [-0.1, -0.05) is 23.2 Å². The highest BCUT2D eigenvalue weighted by Crippen LogP contribution is 2.24. The summed E-state index contributed by atoms with van der Waals surface area (Å²) < 4.78 is 0. The van der Waals surface area contributed by atoms with Gasteiger partial charge in [0.05, 0.1) is 12.2 Å². The standard InChI is InChI=1S/C10H14Cl2N4O/c1-4-16(6-9(17)15(2)3)7-5-8(11)13-14-10(7)12/h5H,4,6H2,1-3H3. The smallest absolute Gasteiger partial charge is 0.241 e. The van der Waals surface area contributed by atoms with Gasteiger partial charge in [-0.3, -0.25) is 4.79 Å². The SMILES string of the molecule is CCN(CC(=O)N(C)C)c1cc(Cl)nnc1Cl. The molecule has 0 bridgehead atoms. The van der Waals surface area contributed by atoms with Crippen molar-refractivity contribution in [2.24, 2.45) is 0 Å². The molecule has 5 nitrogen and oxygen atoms in total. The molecule has 17 heavy (non-hydrogen) atoms. The Labute approximate surface area is 110 Å². The lowest BCUT2D eigenvalue weighted by molar-refractivity contribution is -0.127. The van der Waals surface area contributed by atoms with Crippen LogP contribution in [0.4, 0.5) is 5.69 Å². The van der Waals surface area contributed by atoms with Crippen molar-refractivity contribution in [1.82, 2.24) is 15.1 Å². The van der Waals surface area contributed by atoms with Crippen LogP contribution in [-0.4, -0.2) is 48.2 Å². The number of rotatable bonds is 4. The van der Waals surface area contributed by atoms with Crippen LogP contribution in [0.3, 0.4) is 0 Å². The highest BCUT2D eigenvalue weighted by atomic mass is 35.5. The number of amides is 1. The summed E-state index contributed by atoms with van der Waals surface area (Å²) in [7, 11) is 3.41. The molecule has 0 radical (unpaired) electrons. The zero-order valence-corrected chi connectivity index (χ0v) is 11.5. The van der Waals surface area contributed by atoms with Crippen molar-refractivity contribution in [3.05, 3.63) is 16.4 Å². The van der Waals surface area contributed by atoms with Gasteiger partial charge in [0.15, 0.2) is 10.3 Å². The van der Waals surface area contributed by atoms with Crippen molar-refractivity contribution in [2.75, 3.05) is 32.1 Å². The summed E-state index contributed by atoms with van der Waals surface area (Å²) in [6.45, 7) is 2.78. The van der Waals surface area contributed by atoms with Gasteiger partial charge in [0, 0.05) is 26.7 Å². The second-order valence-electron chi connectivity index (χ2n) is 3.65. The number of likely N-dealkylation sites (N-methyl/N-ethyl adjacent to an activating group) is 2. The van der Waals surface area contributed by atoms with E-state index in [2.05, 4.69) is 10.2 Å². The summed E-state index contributed by atoms with van der Waals surface area (Å²) in [5.74, 6) is -0.0177. The van der Waals surface area contributed by atoms with E-state index >= 15 is 0 Å². The summed E-state index contributed by atoms with van der Waals surface area (Å²) in [6, 6.07) is 1.60. The first kappa shape index (κ1) is 14.0. The normalized spacial score (nSPS) is 10.2. The maximum atomic E-state index is 11.7. The van der Waals surface area contributed by atoms with Gasteiger partial charge in [0.25, 0.3) is 0 Å². The quantitative estimate of drug-likeness (QED) is 0.840. The van der Waals surface area contributed by atoms with E-state index < -0.39 is 0 Å². The zero-order chi connectivity index (χ0) is 13.0. The number of nitrogens with zero attached hydrogens (tertiary/aromatic N) is 4. The second kappa shape index (κ2) is 6.02. The predicted molar refractivity (Wildman–Crippen MR) is 68.6 cm³/mol. The minimum atomic E-state index is -0.0177. The Balaban J connectivity index is 2.93. The Morgan fingerprint density at radius 1 is 1.35 bits per heavy atom. The van der Waals surface area contributed by atoms with Gasteiger partial charge in [-0.05, 0) is 6.92 Å². The van der Waals surface area contributed by atoms with Crippen LogP contribution in [0, 0.1) is 0 Å². The minimum Gasteiger partial charge on any atom is -0.360 e. The number of aromatic nitrogens is 2. The van der Waals surface area contributed by atoms with Gasteiger partial charge in [-0.25, -0.2) is 0 Å². The third-order valence-electron chi connectivity index (χ3n) is 2.25. The molecular formula is C10H14Cl2N4O. The molecule has 0 aliphatic carbocycles. The van der Waals surface area contributed by atoms with Gasteiger partial charge >= 0.3 is 0 Å².